The van der Waals surface area contributed by atoms with Crippen molar-refractivity contribution in [2.75, 3.05) is 37.2 Å². The predicted molar refractivity (Wildman–Crippen MR) is 108 cm³/mol. The smallest absolute Gasteiger partial charge is 0.231 e. The Morgan fingerprint density at radius 2 is 1.90 bits per heavy atom. The minimum absolute atomic E-state index is 0.0823. The molecule has 2 amide bonds. The van der Waals surface area contributed by atoms with Gasteiger partial charge >= 0.3 is 0 Å². The second kappa shape index (κ2) is 8.12. The fraction of sp³-hybridized carbons (Fsp3) is 0.300. The van der Waals surface area contributed by atoms with Gasteiger partial charge in [-0.2, -0.15) is 0 Å². The van der Waals surface area contributed by atoms with Crippen LogP contribution in [0, 0.1) is 0 Å². The molecule has 0 radical (unpaired) electrons. The first-order valence-corrected chi connectivity index (χ1v) is 10.5. The van der Waals surface area contributed by atoms with Gasteiger partial charge in [0.05, 0.1) is 37.0 Å². The van der Waals surface area contributed by atoms with Crippen LogP contribution in [0.2, 0.25) is 0 Å². The molecule has 8 nitrogen and oxygen atoms in total. The average Bonchev–Trinajstić information content (AvgIpc) is 2.99. The van der Waals surface area contributed by atoms with Crippen LogP contribution in [0.4, 0.5) is 11.4 Å². The van der Waals surface area contributed by atoms with Gasteiger partial charge in [0.25, 0.3) is 0 Å². The maximum atomic E-state index is 12.7. The molecule has 0 saturated carbocycles. The number of carbonyl (C=O) groups is 2. The highest BCUT2D eigenvalue weighted by Gasteiger charge is 2.26. The SMILES string of the molecule is COc1ccc(OC)c(NC(=O)CCS(=O)(=O)c2ccc3c(c2)CC(=O)N3C)c1. The number of sulfone groups is 1. The van der Waals surface area contributed by atoms with E-state index in [0.29, 0.717) is 28.4 Å². The Labute approximate surface area is 169 Å². The van der Waals surface area contributed by atoms with Crippen LogP contribution in [0.25, 0.3) is 0 Å². The molecule has 29 heavy (non-hydrogen) atoms. The van der Waals surface area contributed by atoms with Crippen molar-refractivity contribution < 1.29 is 27.5 Å². The lowest BCUT2D eigenvalue weighted by atomic mass is 10.2. The summed E-state index contributed by atoms with van der Waals surface area (Å²) < 4.78 is 35.6. The number of methoxy groups -OCH3 is 2. The summed E-state index contributed by atoms with van der Waals surface area (Å²) in [6.07, 6.45) is -0.0517. The summed E-state index contributed by atoms with van der Waals surface area (Å²) in [7, 11) is 0.945. The third-order valence-electron chi connectivity index (χ3n) is 4.77. The third kappa shape index (κ3) is 4.34. The molecular formula is C20H22N2O6S. The first-order valence-electron chi connectivity index (χ1n) is 8.89. The van der Waals surface area contributed by atoms with Crippen molar-refractivity contribution in [1.82, 2.24) is 0 Å². The van der Waals surface area contributed by atoms with Crippen LogP contribution in [0.3, 0.4) is 0 Å². The summed E-state index contributed by atoms with van der Waals surface area (Å²) >= 11 is 0. The quantitative estimate of drug-likeness (QED) is 0.738. The lowest BCUT2D eigenvalue weighted by Crippen LogP contribution is -2.20. The molecule has 1 aliphatic heterocycles. The fourth-order valence-electron chi connectivity index (χ4n) is 3.11. The van der Waals surface area contributed by atoms with Gasteiger partial charge in [0, 0.05) is 25.2 Å². The normalized spacial score (nSPS) is 13.2. The number of hydrogen-bond acceptors (Lipinski definition) is 6. The molecule has 0 fully saturated rings. The Balaban J connectivity index is 1.69. The zero-order valence-electron chi connectivity index (χ0n) is 16.4. The van der Waals surface area contributed by atoms with E-state index in [2.05, 4.69) is 5.32 Å². The third-order valence-corrected chi connectivity index (χ3v) is 6.48. The van der Waals surface area contributed by atoms with Crippen molar-refractivity contribution in [2.24, 2.45) is 0 Å². The summed E-state index contributed by atoms with van der Waals surface area (Å²) in [4.78, 5) is 25.7. The van der Waals surface area contributed by atoms with Gasteiger partial charge in [-0.05, 0) is 35.9 Å². The molecule has 0 aromatic heterocycles. The molecule has 0 bridgehead atoms. The molecule has 0 aliphatic carbocycles. The molecule has 0 atom stereocenters. The van der Waals surface area contributed by atoms with Gasteiger partial charge < -0.3 is 19.7 Å². The van der Waals surface area contributed by atoms with Gasteiger partial charge in [0.15, 0.2) is 9.84 Å². The molecular weight excluding hydrogens is 396 g/mol. The highest BCUT2D eigenvalue weighted by atomic mass is 32.2. The van der Waals surface area contributed by atoms with E-state index in [0.717, 1.165) is 0 Å². The lowest BCUT2D eigenvalue weighted by molar-refractivity contribution is -0.117. The van der Waals surface area contributed by atoms with Crippen molar-refractivity contribution in [3.8, 4) is 11.5 Å². The Morgan fingerprint density at radius 3 is 2.59 bits per heavy atom. The maximum absolute atomic E-state index is 12.7. The van der Waals surface area contributed by atoms with E-state index >= 15 is 0 Å². The Kier molecular flexibility index (Phi) is 5.78. The first-order chi connectivity index (χ1) is 13.7. The molecule has 1 heterocycles. The molecule has 1 aliphatic rings. The van der Waals surface area contributed by atoms with Crippen LogP contribution in [0.15, 0.2) is 41.3 Å². The molecule has 0 spiro atoms. The van der Waals surface area contributed by atoms with Crippen molar-refractivity contribution >= 4 is 33.0 Å². The Morgan fingerprint density at radius 1 is 1.14 bits per heavy atom. The van der Waals surface area contributed by atoms with Gasteiger partial charge in [-0.25, -0.2) is 8.42 Å². The zero-order valence-corrected chi connectivity index (χ0v) is 17.2. The topological polar surface area (TPSA) is 102 Å². The second-order valence-corrected chi connectivity index (χ2v) is 8.71. The average molecular weight is 418 g/mol. The van der Waals surface area contributed by atoms with E-state index in [1.54, 1.807) is 31.3 Å². The van der Waals surface area contributed by atoms with Gasteiger partial charge in [-0.3, -0.25) is 9.59 Å². The van der Waals surface area contributed by atoms with Crippen molar-refractivity contribution in [1.29, 1.82) is 0 Å². The molecule has 0 saturated heterocycles. The minimum atomic E-state index is -3.68. The summed E-state index contributed by atoms with van der Waals surface area (Å²) in [6.45, 7) is 0. The number of likely N-dealkylation sites (N-methyl/N-ethyl adjacent to an activating group) is 1. The number of ether oxygens (including phenoxy) is 2. The van der Waals surface area contributed by atoms with Crippen LogP contribution in [-0.2, 0) is 25.8 Å². The lowest BCUT2D eigenvalue weighted by Gasteiger charge is -2.12. The number of benzene rings is 2. The molecule has 0 unspecified atom stereocenters. The van der Waals surface area contributed by atoms with Gasteiger partial charge in [-0.15, -0.1) is 0 Å². The molecule has 9 heteroatoms. The molecule has 1 N–H and O–H groups in total. The highest BCUT2D eigenvalue weighted by molar-refractivity contribution is 7.91. The van der Waals surface area contributed by atoms with E-state index in [9.17, 15) is 18.0 Å². The Hall–Kier alpha value is -3.07. The number of anilines is 2. The number of hydrogen-bond donors (Lipinski definition) is 1. The summed E-state index contributed by atoms with van der Waals surface area (Å²) in [6, 6.07) is 9.53. The summed E-state index contributed by atoms with van der Waals surface area (Å²) in [5, 5.41) is 2.65. The standard InChI is InChI=1S/C20H22N2O6S/c1-22-17-6-5-15(10-13(17)11-20(22)24)29(25,26)9-8-19(23)21-16-12-14(27-2)4-7-18(16)28-3/h4-7,10,12H,8-9,11H2,1-3H3,(H,21,23). The fourth-order valence-corrected chi connectivity index (χ4v) is 4.40. The van der Waals surface area contributed by atoms with E-state index in [-0.39, 0.29) is 29.4 Å². The number of carbonyl (C=O) groups excluding carboxylic acids is 2. The minimum Gasteiger partial charge on any atom is -0.497 e. The largest absolute Gasteiger partial charge is 0.497 e. The maximum Gasteiger partial charge on any atom is 0.231 e. The number of fused-ring (bicyclic) bond motifs is 1. The van der Waals surface area contributed by atoms with Crippen molar-refractivity contribution in [3.05, 3.63) is 42.0 Å². The van der Waals surface area contributed by atoms with Crippen LogP contribution in [-0.4, -0.2) is 47.3 Å². The first kappa shape index (κ1) is 20.7. The second-order valence-electron chi connectivity index (χ2n) is 6.60. The Bertz CT molecular complexity index is 1060. The van der Waals surface area contributed by atoms with Crippen LogP contribution < -0.4 is 19.7 Å². The van der Waals surface area contributed by atoms with Gasteiger partial charge in [0.2, 0.25) is 11.8 Å². The molecule has 2 aromatic rings. The zero-order chi connectivity index (χ0) is 21.2. The van der Waals surface area contributed by atoms with Gasteiger partial charge in [0.1, 0.15) is 11.5 Å². The molecule has 3 rings (SSSR count). The number of nitrogens with zero attached hydrogens (tertiary/aromatic N) is 1. The number of nitrogens with one attached hydrogen (secondary N) is 1. The predicted octanol–water partition coefficient (Wildman–Crippen LogP) is 2.03. The summed E-state index contributed by atoms with van der Waals surface area (Å²) in [5.41, 5.74) is 1.77. The van der Waals surface area contributed by atoms with E-state index in [1.807, 2.05) is 0 Å². The van der Waals surface area contributed by atoms with Gasteiger partial charge in [-0.1, -0.05) is 0 Å². The summed E-state index contributed by atoms with van der Waals surface area (Å²) in [5.74, 6) is 0.0754. The van der Waals surface area contributed by atoms with Crippen LogP contribution in [0.5, 0.6) is 11.5 Å². The van der Waals surface area contributed by atoms with E-state index in [4.69, 9.17) is 9.47 Å². The van der Waals surface area contributed by atoms with Crippen LogP contribution >= 0.6 is 0 Å². The number of rotatable bonds is 7. The van der Waals surface area contributed by atoms with Crippen molar-refractivity contribution in [2.45, 2.75) is 17.7 Å². The molecule has 154 valence electrons. The van der Waals surface area contributed by atoms with E-state index in [1.165, 1.54) is 31.3 Å². The monoisotopic (exact) mass is 418 g/mol. The van der Waals surface area contributed by atoms with Crippen LogP contribution in [0.1, 0.15) is 12.0 Å². The highest BCUT2D eigenvalue weighted by Crippen LogP contribution is 2.31. The van der Waals surface area contributed by atoms with Crippen molar-refractivity contribution in [3.63, 3.8) is 0 Å². The number of amides is 2. The molecule has 2 aromatic carbocycles. The van der Waals surface area contributed by atoms with E-state index < -0.39 is 15.7 Å².